The second-order valence-corrected chi connectivity index (χ2v) is 22.8. The molecule has 0 saturated carbocycles. The molecular formula is C64H54N10O14S2. The number of nitrogens with two attached hydrogens (primary N) is 2. The largest absolute Gasteiger partial charge is 0.457 e. The number of amidine groups is 4. The van der Waals surface area contributed by atoms with Crippen LogP contribution in [0.2, 0.25) is 0 Å². The summed E-state index contributed by atoms with van der Waals surface area (Å²) in [6, 6.07) is 58.3. The number of carbonyl (C=O) groups excluding carboxylic acids is 2. The number of amides is 2. The molecule has 2 amide bonds. The van der Waals surface area contributed by atoms with E-state index in [-0.39, 0.29) is 77.1 Å². The highest BCUT2D eigenvalue weighted by Crippen LogP contribution is 2.36. The minimum atomic E-state index is -4.06. The zero-order valence-electron chi connectivity index (χ0n) is 47.4. The molecule has 0 aliphatic carbocycles. The fourth-order valence-electron chi connectivity index (χ4n) is 8.56. The summed E-state index contributed by atoms with van der Waals surface area (Å²) in [5, 5.41) is 63.0. The molecule has 26 heteroatoms. The third-order valence-corrected chi connectivity index (χ3v) is 15.8. The van der Waals surface area contributed by atoms with Gasteiger partial charge < -0.3 is 40.8 Å². The van der Waals surface area contributed by atoms with E-state index < -0.39 is 43.5 Å². The molecule has 12 N–H and O–H groups in total. The monoisotopic (exact) mass is 1250 g/mol. The number of hydroxylamine groups is 4. The average Bonchev–Trinajstić information content (AvgIpc) is 0.961. The van der Waals surface area contributed by atoms with Crippen molar-refractivity contribution in [2.45, 2.75) is 23.6 Å². The smallest absolute Gasteiger partial charge is 0.261 e. The molecule has 0 aliphatic heterocycles. The summed E-state index contributed by atoms with van der Waals surface area (Å²) < 4.78 is 82.8. The summed E-state index contributed by atoms with van der Waals surface area (Å²) >= 11 is 0. The Hall–Kier alpha value is -11.8. The van der Waals surface area contributed by atoms with Crippen molar-refractivity contribution in [3.05, 3.63) is 241 Å². The molecule has 456 valence electrons. The fourth-order valence-corrected chi connectivity index (χ4v) is 10.7. The van der Waals surface area contributed by atoms with E-state index in [4.69, 9.17) is 51.6 Å². The van der Waals surface area contributed by atoms with Gasteiger partial charge >= 0.3 is 0 Å². The molecule has 24 nitrogen and oxygen atoms in total. The molecule has 0 atom stereocenters. The van der Waals surface area contributed by atoms with E-state index in [1.807, 2.05) is 48.5 Å². The second kappa shape index (κ2) is 27.2. The van der Waals surface area contributed by atoms with Crippen LogP contribution in [0, 0.1) is 10.8 Å². The van der Waals surface area contributed by atoms with Crippen LogP contribution in [0.3, 0.4) is 0 Å². The van der Waals surface area contributed by atoms with E-state index >= 15 is 0 Å². The number of fused-ring (bicyclic) bond motifs is 2. The second-order valence-electron chi connectivity index (χ2n) is 19.5. The lowest BCUT2D eigenvalue weighted by Gasteiger charge is -2.16. The van der Waals surface area contributed by atoms with Gasteiger partial charge in [-0.3, -0.25) is 40.3 Å². The zero-order chi connectivity index (χ0) is 64.3. The lowest BCUT2D eigenvalue weighted by molar-refractivity contribution is -0.147. The van der Waals surface area contributed by atoms with Crippen LogP contribution >= 0.6 is 0 Å². The molecule has 0 radical (unpaired) electrons. The molecular weight excluding hydrogens is 1200 g/mol. The maximum absolute atomic E-state index is 13.5. The Kier molecular flexibility index (Phi) is 19.0. The summed E-state index contributed by atoms with van der Waals surface area (Å²) in [6.07, 6.45) is 0. The quantitative estimate of drug-likeness (QED) is 0.0125. The molecule has 10 aromatic carbocycles. The van der Waals surface area contributed by atoms with Crippen LogP contribution in [-0.2, 0) is 29.6 Å². The molecule has 0 aliphatic rings. The summed E-state index contributed by atoms with van der Waals surface area (Å²) in [7, 11) is -8.05. The van der Waals surface area contributed by atoms with E-state index in [1.54, 1.807) is 78.9 Å². The van der Waals surface area contributed by atoms with Crippen LogP contribution in [0.15, 0.2) is 238 Å². The Morgan fingerprint density at radius 2 is 0.678 bits per heavy atom. The first-order valence-corrected chi connectivity index (χ1v) is 29.6. The van der Waals surface area contributed by atoms with E-state index in [2.05, 4.69) is 19.8 Å². The molecule has 0 unspecified atom stereocenters. The van der Waals surface area contributed by atoms with Crippen molar-refractivity contribution in [2.75, 3.05) is 9.44 Å². The van der Waals surface area contributed by atoms with Gasteiger partial charge in [0.15, 0.2) is 23.3 Å². The third-order valence-electron chi connectivity index (χ3n) is 13.1. The van der Waals surface area contributed by atoms with Crippen LogP contribution in [0.25, 0.3) is 21.5 Å². The molecule has 90 heavy (non-hydrogen) atoms. The lowest BCUT2D eigenvalue weighted by Crippen LogP contribution is -2.31. The highest BCUT2D eigenvalue weighted by Gasteiger charge is 2.21. The molecule has 10 aromatic rings. The van der Waals surface area contributed by atoms with Gasteiger partial charge in [0.2, 0.25) is 11.8 Å². The molecule has 0 spiro atoms. The van der Waals surface area contributed by atoms with Gasteiger partial charge in [0.05, 0.1) is 21.2 Å². The number of benzene rings is 10. The highest BCUT2D eigenvalue weighted by atomic mass is 32.2. The average molecular weight is 1250 g/mol. The third kappa shape index (κ3) is 15.6. The number of oxime groups is 2. The lowest BCUT2D eigenvalue weighted by atomic mass is 10.1. The number of nitrogens with one attached hydrogen (secondary N) is 4. The number of anilines is 2. The van der Waals surface area contributed by atoms with Crippen LogP contribution in [0.5, 0.6) is 46.0 Å². The maximum atomic E-state index is 13.5. The SMILES string of the molecule is CC(=O)N(O)C(=N)c1ccc(Oc2cc(NS(=O)(=O)c3ccc4ccccc4c3)cc(Oc3ccc(C(=N)N(O)C(C)=O)cc3)c2)cc1.NC(=NO)c1ccc(Oc2cc(NS(=O)(=O)c3ccc4ccccc4c3)cc(Oc3ccc(C(N)=NO)cc3)c2)cc1. The topological polar surface area (TPSA) is 375 Å². The Labute approximate surface area is 514 Å². The van der Waals surface area contributed by atoms with Gasteiger partial charge in [-0.2, -0.15) is 10.1 Å². The minimum Gasteiger partial charge on any atom is -0.457 e. The van der Waals surface area contributed by atoms with Crippen molar-refractivity contribution in [2.24, 2.45) is 21.8 Å². The molecule has 0 fully saturated rings. The van der Waals surface area contributed by atoms with E-state index in [9.17, 15) is 36.8 Å². The number of sulfonamides is 2. The number of hydrogen-bond donors (Lipinski definition) is 10. The minimum absolute atomic E-state index is 0.0399. The van der Waals surface area contributed by atoms with Crippen molar-refractivity contribution in [1.82, 2.24) is 10.1 Å². The molecule has 0 saturated heterocycles. The first-order chi connectivity index (χ1) is 43.0. The number of hydrogen-bond acceptors (Lipinski definition) is 18. The predicted octanol–water partition coefficient (Wildman–Crippen LogP) is 11.8. The van der Waals surface area contributed by atoms with E-state index in [0.717, 1.165) is 35.4 Å². The van der Waals surface area contributed by atoms with Crippen molar-refractivity contribution >= 4 is 88.1 Å². The van der Waals surface area contributed by atoms with Crippen molar-refractivity contribution < 1.29 is 66.2 Å². The fraction of sp³-hybridized carbons (Fsp3) is 0.0312. The van der Waals surface area contributed by atoms with Gasteiger partial charge in [0.25, 0.3) is 20.0 Å². The van der Waals surface area contributed by atoms with Gasteiger partial charge in [0.1, 0.15) is 46.0 Å². The standard InChI is InChI=1S/C34H29N5O8S.C30H25N5O6S/c1-21(40)38(42)33(35)24-7-12-28(13-8-24)46-30-18-27(37-48(44,45)32-16-11-23-5-3-4-6-26(23)17-32)19-31(20-30)47-29-14-9-25(10-15-29)34(36)39(43)22(2)41;31-29(33-36)20-5-10-24(11-6-20)40-26-16-23(17-27(18-26)41-25-12-7-21(8-13-25)30(32)34-37)35-42(38,39)28-14-9-19-3-1-2-4-22(19)15-28/h3-20,35-37,42-43H,1-2H3;1-18,35-37H,(H2,31,33)(H2,32,34). The van der Waals surface area contributed by atoms with Gasteiger partial charge in [-0.25, -0.2) is 16.8 Å². The maximum Gasteiger partial charge on any atom is 0.261 e. The van der Waals surface area contributed by atoms with Crippen LogP contribution in [0.4, 0.5) is 11.4 Å². The van der Waals surface area contributed by atoms with Crippen molar-refractivity contribution in [1.29, 1.82) is 10.8 Å². The zero-order valence-corrected chi connectivity index (χ0v) is 49.0. The normalized spacial score (nSPS) is 11.6. The van der Waals surface area contributed by atoms with Gasteiger partial charge in [-0.15, -0.1) is 0 Å². The van der Waals surface area contributed by atoms with Crippen molar-refractivity contribution in [3.8, 4) is 46.0 Å². The van der Waals surface area contributed by atoms with Gasteiger partial charge in [-0.1, -0.05) is 71.0 Å². The number of nitrogens with zero attached hydrogens (tertiary/aromatic N) is 4. The first kappa shape index (κ1) is 62.7. The summed E-state index contributed by atoms with van der Waals surface area (Å²) in [4.78, 5) is 23.0. The summed E-state index contributed by atoms with van der Waals surface area (Å²) in [5.74, 6) is -0.116. The summed E-state index contributed by atoms with van der Waals surface area (Å²) in [5.41, 5.74) is 13.0. The highest BCUT2D eigenvalue weighted by molar-refractivity contribution is 7.93. The Morgan fingerprint density at radius 1 is 0.400 bits per heavy atom. The molecule has 0 aromatic heterocycles. The number of carbonyl (C=O) groups is 2. The van der Waals surface area contributed by atoms with E-state index in [1.165, 1.54) is 91.0 Å². The first-order valence-electron chi connectivity index (χ1n) is 26.6. The Balaban J connectivity index is 0.000000215. The number of ether oxygens (including phenoxy) is 4. The summed E-state index contributed by atoms with van der Waals surface area (Å²) in [6.45, 7) is 2.23. The van der Waals surface area contributed by atoms with Crippen molar-refractivity contribution in [3.63, 3.8) is 0 Å². The molecule has 0 bridgehead atoms. The van der Waals surface area contributed by atoms with E-state index in [0.29, 0.717) is 34.1 Å². The van der Waals surface area contributed by atoms with Gasteiger partial charge in [0, 0.05) is 72.5 Å². The van der Waals surface area contributed by atoms with Crippen LogP contribution in [0.1, 0.15) is 36.1 Å². The molecule has 0 heterocycles. The Bertz CT molecular complexity index is 4470. The van der Waals surface area contributed by atoms with Crippen LogP contribution in [-0.4, -0.2) is 82.9 Å². The van der Waals surface area contributed by atoms with Crippen LogP contribution < -0.4 is 39.9 Å². The molecule has 10 rings (SSSR count). The predicted molar refractivity (Wildman–Crippen MR) is 336 cm³/mol. The number of rotatable bonds is 18. The Morgan fingerprint density at radius 3 is 0.956 bits per heavy atom. The van der Waals surface area contributed by atoms with Gasteiger partial charge in [-0.05, 0) is 143 Å².